The molecule has 11 aromatic rings. The standard InChI is InChI=1S/C68H62N4/c1-41(2)45-32-33-69-63(38-45)68(59-26-16-13-22-53(59)54-23-14-17-27-60(54)68)49-35-47(34-48(39-49)67(7,8)9)52-25-19-29-62-65(52)71-66(72(62)50-30-31-51(42(3)4)56(40-50)43(5)6)58-37-46(44-20-11-10-12-21-44)36-57-55-24-15-18-28-61(55)70-64(57)58/h10-43,70H,1-9H3. The van der Waals surface area contributed by atoms with Crippen molar-refractivity contribution in [2.24, 2.45) is 0 Å². The van der Waals surface area contributed by atoms with Crippen molar-refractivity contribution in [1.82, 2.24) is 19.5 Å². The zero-order valence-corrected chi connectivity index (χ0v) is 43.0. The van der Waals surface area contributed by atoms with Crippen LogP contribution in [0.25, 0.3) is 83.3 Å². The van der Waals surface area contributed by atoms with Gasteiger partial charge in [0.15, 0.2) is 0 Å². The number of nitrogens with one attached hydrogen (secondary N) is 1. The zero-order valence-electron chi connectivity index (χ0n) is 43.0. The van der Waals surface area contributed by atoms with E-state index in [-0.39, 0.29) is 5.41 Å². The predicted octanol–water partition coefficient (Wildman–Crippen LogP) is 18.1. The van der Waals surface area contributed by atoms with Gasteiger partial charge >= 0.3 is 0 Å². The molecule has 1 N–H and O–H groups in total. The van der Waals surface area contributed by atoms with Crippen LogP contribution in [0.2, 0.25) is 0 Å². The Kier molecular flexibility index (Phi) is 10.8. The van der Waals surface area contributed by atoms with Crippen molar-refractivity contribution in [3.05, 3.63) is 233 Å². The van der Waals surface area contributed by atoms with E-state index < -0.39 is 5.41 Å². The number of rotatable bonds is 9. The van der Waals surface area contributed by atoms with Gasteiger partial charge in [0, 0.05) is 39.3 Å². The fourth-order valence-corrected chi connectivity index (χ4v) is 11.8. The van der Waals surface area contributed by atoms with E-state index in [0.29, 0.717) is 17.8 Å². The maximum absolute atomic E-state index is 5.95. The molecule has 1 aliphatic carbocycles. The van der Waals surface area contributed by atoms with Crippen molar-refractivity contribution in [1.29, 1.82) is 0 Å². The number of benzene rings is 8. The number of para-hydroxylation sites is 2. The van der Waals surface area contributed by atoms with E-state index in [1.807, 2.05) is 6.20 Å². The van der Waals surface area contributed by atoms with Gasteiger partial charge in [-0.3, -0.25) is 9.55 Å². The maximum atomic E-state index is 5.95. The Morgan fingerprint density at radius 3 is 1.90 bits per heavy atom. The number of pyridine rings is 1. The fraction of sp³-hybridized carbons (Fsp3) is 0.206. The van der Waals surface area contributed by atoms with Crippen molar-refractivity contribution in [3.63, 3.8) is 0 Å². The van der Waals surface area contributed by atoms with Crippen LogP contribution in [-0.2, 0) is 10.8 Å². The van der Waals surface area contributed by atoms with Crippen molar-refractivity contribution >= 4 is 32.8 Å². The summed E-state index contributed by atoms with van der Waals surface area (Å²) in [4.78, 5) is 15.2. The largest absolute Gasteiger partial charge is 0.354 e. The minimum Gasteiger partial charge on any atom is -0.354 e. The average Bonchev–Trinajstić information content (AvgIpc) is 4.07. The van der Waals surface area contributed by atoms with Crippen LogP contribution in [0.15, 0.2) is 188 Å². The Morgan fingerprint density at radius 2 is 1.19 bits per heavy atom. The molecule has 0 saturated carbocycles. The highest BCUT2D eigenvalue weighted by atomic mass is 15.1. The Hall–Kier alpha value is -7.82. The van der Waals surface area contributed by atoms with Crippen LogP contribution in [0.5, 0.6) is 0 Å². The summed E-state index contributed by atoms with van der Waals surface area (Å²) < 4.78 is 2.44. The molecule has 1 aliphatic rings. The summed E-state index contributed by atoms with van der Waals surface area (Å²) in [6.07, 6.45) is 2.02. The highest BCUT2D eigenvalue weighted by Crippen LogP contribution is 2.57. The van der Waals surface area contributed by atoms with Crippen LogP contribution in [0.4, 0.5) is 0 Å². The quantitative estimate of drug-likeness (QED) is 0.157. The molecular weight excluding hydrogens is 873 g/mol. The third-order valence-electron chi connectivity index (χ3n) is 15.6. The number of aromatic nitrogens is 4. The highest BCUT2D eigenvalue weighted by molar-refractivity contribution is 6.13. The molecule has 0 unspecified atom stereocenters. The Labute approximate surface area is 424 Å². The van der Waals surface area contributed by atoms with Gasteiger partial charge in [0.1, 0.15) is 5.82 Å². The van der Waals surface area contributed by atoms with Crippen LogP contribution in [-0.4, -0.2) is 19.5 Å². The second-order valence-electron chi connectivity index (χ2n) is 22.1. The molecule has 0 aliphatic heterocycles. The molecular formula is C68H62N4. The second-order valence-corrected chi connectivity index (χ2v) is 22.1. The lowest BCUT2D eigenvalue weighted by Crippen LogP contribution is -2.30. The summed E-state index contributed by atoms with van der Waals surface area (Å²) in [6.45, 7) is 20.8. The summed E-state index contributed by atoms with van der Waals surface area (Å²) in [5.74, 6) is 1.97. The fourth-order valence-electron chi connectivity index (χ4n) is 11.8. The monoisotopic (exact) mass is 934 g/mol. The van der Waals surface area contributed by atoms with Gasteiger partial charge in [0.05, 0.1) is 27.7 Å². The van der Waals surface area contributed by atoms with E-state index in [1.54, 1.807) is 0 Å². The van der Waals surface area contributed by atoms with Gasteiger partial charge in [-0.2, -0.15) is 0 Å². The third-order valence-corrected chi connectivity index (χ3v) is 15.6. The van der Waals surface area contributed by atoms with E-state index in [4.69, 9.17) is 9.97 Å². The predicted molar refractivity (Wildman–Crippen MR) is 303 cm³/mol. The zero-order chi connectivity index (χ0) is 49.6. The summed E-state index contributed by atoms with van der Waals surface area (Å²) in [5.41, 5.74) is 22.6. The van der Waals surface area contributed by atoms with E-state index in [1.165, 1.54) is 66.4 Å². The van der Waals surface area contributed by atoms with Crippen LogP contribution >= 0.6 is 0 Å². The summed E-state index contributed by atoms with van der Waals surface area (Å²) in [5, 5.41) is 2.38. The number of H-pyrrole nitrogens is 1. The van der Waals surface area contributed by atoms with Crippen LogP contribution in [0.1, 0.15) is 125 Å². The molecule has 0 fully saturated rings. The first-order valence-corrected chi connectivity index (χ1v) is 25.9. The minimum absolute atomic E-state index is 0.181. The van der Waals surface area contributed by atoms with E-state index in [0.717, 1.165) is 61.5 Å². The minimum atomic E-state index is -0.684. The van der Waals surface area contributed by atoms with Crippen molar-refractivity contribution in [2.45, 2.75) is 90.9 Å². The molecule has 4 nitrogen and oxygen atoms in total. The van der Waals surface area contributed by atoms with Gasteiger partial charge in [0.2, 0.25) is 0 Å². The van der Waals surface area contributed by atoms with Gasteiger partial charge in [-0.1, -0.05) is 190 Å². The number of imidazole rings is 1. The first kappa shape index (κ1) is 45.3. The average molecular weight is 935 g/mol. The van der Waals surface area contributed by atoms with Crippen LogP contribution in [0.3, 0.4) is 0 Å². The highest BCUT2D eigenvalue weighted by Gasteiger charge is 2.48. The first-order chi connectivity index (χ1) is 34.8. The van der Waals surface area contributed by atoms with E-state index in [2.05, 4.69) is 254 Å². The lowest BCUT2D eigenvalue weighted by Gasteiger charge is -2.35. The van der Waals surface area contributed by atoms with Gasteiger partial charge in [-0.25, -0.2) is 4.98 Å². The van der Waals surface area contributed by atoms with Crippen molar-refractivity contribution in [3.8, 4) is 50.5 Å². The number of hydrogen-bond acceptors (Lipinski definition) is 2. The van der Waals surface area contributed by atoms with Gasteiger partial charge < -0.3 is 4.98 Å². The van der Waals surface area contributed by atoms with Crippen molar-refractivity contribution < 1.29 is 0 Å². The van der Waals surface area contributed by atoms with Gasteiger partial charge in [-0.05, 0) is 145 Å². The van der Waals surface area contributed by atoms with E-state index in [9.17, 15) is 0 Å². The normalized spacial score (nSPS) is 13.3. The molecule has 0 atom stereocenters. The maximum Gasteiger partial charge on any atom is 0.147 e. The molecule has 3 heterocycles. The lowest BCUT2D eigenvalue weighted by atomic mass is 9.67. The smallest absolute Gasteiger partial charge is 0.147 e. The van der Waals surface area contributed by atoms with Crippen LogP contribution < -0.4 is 0 Å². The summed E-state index contributed by atoms with van der Waals surface area (Å²) in [7, 11) is 0. The summed E-state index contributed by atoms with van der Waals surface area (Å²) >= 11 is 0. The molecule has 0 saturated heterocycles. The van der Waals surface area contributed by atoms with Crippen LogP contribution in [0, 0.1) is 0 Å². The van der Waals surface area contributed by atoms with Gasteiger partial charge in [0.25, 0.3) is 0 Å². The SMILES string of the molecule is CC(C)c1ccnc(C2(c3cc(-c4cccc5c4nc(-c4cc(-c6ccccc6)cc6c4[nH]c4ccccc46)n5-c4ccc(C(C)C)c(C(C)C)c4)cc(C(C)(C)C)c3)c3ccccc3-c3ccccc32)c1. The number of aromatic amines is 1. The number of fused-ring (bicyclic) bond motifs is 7. The molecule has 0 bridgehead atoms. The molecule has 354 valence electrons. The number of nitrogens with zero attached hydrogens (tertiary/aromatic N) is 3. The molecule has 4 heteroatoms. The molecule has 72 heavy (non-hydrogen) atoms. The van der Waals surface area contributed by atoms with E-state index >= 15 is 0 Å². The topological polar surface area (TPSA) is 46.5 Å². The molecule has 8 aromatic carbocycles. The first-order valence-electron chi connectivity index (χ1n) is 25.9. The molecule has 0 amide bonds. The summed E-state index contributed by atoms with van der Waals surface area (Å²) in [6, 6.07) is 67.9. The Bertz CT molecular complexity index is 3850. The Morgan fingerprint density at radius 1 is 0.514 bits per heavy atom. The second kappa shape index (κ2) is 17.2. The lowest BCUT2D eigenvalue weighted by molar-refractivity contribution is 0.587. The molecule has 3 aromatic heterocycles. The Balaban J connectivity index is 1.19. The molecule has 0 radical (unpaired) electrons. The van der Waals surface area contributed by atoms with Crippen molar-refractivity contribution in [2.75, 3.05) is 0 Å². The van der Waals surface area contributed by atoms with Gasteiger partial charge in [-0.15, -0.1) is 0 Å². The third kappa shape index (κ3) is 7.17. The number of hydrogen-bond donors (Lipinski definition) is 1. The molecule has 12 rings (SSSR count). The molecule has 0 spiro atoms.